The highest BCUT2D eigenvalue weighted by atomic mass is 35.5. The predicted octanol–water partition coefficient (Wildman–Crippen LogP) is 5.37. The van der Waals surface area contributed by atoms with Gasteiger partial charge in [-0.15, -0.1) is 11.6 Å². The monoisotopic (exact) mass is 415 g/mol. The van der Waals surface area contributed by atoms with Crippen molar-refractivity contribution in [1.82, 2.24) is 4.90 Å². The van der Waals surface area contributed by atoms with Crippen LogP contribution in [-0.4, -0.2) is 42.6 Å². The van der Waals surface area contributed by atoms with Gasteiger partial charge >= 0.3 is 0 Å². The molecule has 3 rings (SSSR count). The van der Waals surface area contributed by atoms with Crippen molar-refractivity contribution in [2.24, 2.45) is 11.8 Å². The summed E-state index contributed by atoms with van der Waals surface area (Å²) < 4.78 is 12.5. The summed E-state index contributed by atoms with van der Waals surface area (Å²) in [7, 11) is 0. The fourth-order valence-corrected chi connectivity index (χ4v) is 4.30. The van der Waals surface area contributed by atoms with Crippen molar-refractivity contribution in [2.75, 3.05) is 25.6 Å². The fourth-order valence-electron chi connectivity index (χ4n) is 4.19. The minimum absolute atomic E-state index is 0.228. The molecule has 29 heavy (non-hydrogen) atoms. The predicted molar refractivity (Wildman–Crippen MR) is 120 cm³/mol. The Morgan fingerprint density at radius 3 is 2.14 bits per heavy atom. The van der Waals surface area contributed by atoms with Crippen molar-refractivity contribution in [3.63, 3.8) is 0 Å². The van der Waals surface area contributed by atoms with E-state index in [1.54, 1.807) is 0 Å². The topological polar surface area (TPSA) is 21.7 Å². The molecule has 0 aliphatic carbocycles. The number of alkyl halides is 1. The molecule has 0 saturated carbocycles. The highest BCUT2D eigenvalue weighted by Gasteiger charge is 2.39. The van der Waals surface area contributed by atoms with Gasteiger partial charge in [0.2, 0.25) is 0 Å². The molecule has 1 heterocycles. The van der Waals surface area contributed by atoms with E-state index >= 15 is 0 Å². The first kappa shape index (κ1) is 22.3. The third-order valence-electron chi connectivity index (χ3n) is 6.19. The summed E-state index contributed by atoms with van der Waals surface area (Å²) in [5.74, 6) is 1.67. The Morgan fingerprint density at radius 1 is 0.897 bits per heavy atom. The summed E-state index contributed by atoms with van der Waals surface area (Å²) in [6.45, 7) is 8.67. The normalized spacial score (nSPS) is 25.2. The maximum Gasteiger partial charge on any atom is 0.0735 e. The van der Waals surface area contributed by atoms with Gasteiger partial charge in [0.15, 0.2) is 0 Å². The molecule has 1 saturated heterocycles. The zero-order valence-corrected chi connectivity index (χ0v) is 18.4. The Bertz CT molecular complexity index is 696. The number of likely N-dealkylation sites (tertiary alicyclic amines) is 1. The number of piperidine rings is 1. The number of halogens is 1. The Kier molecular flexibility index (Phi) is 9.00. The molecule has 158 valence electrons. The average Bonchev–Trinajstić information content (AvgIpc) is 2.76. The van der Waals surface area contributed by atoms with Gasteiger partial charge in [0.1, 0.15) is 0 Å². The molecule has 1 aliphatic rings. The van der Waals surface area contributed by atoms with E-state index < -0.39 is 0 Å². The van der Waals surface area contributed by atoms with Crippen LogP contribution in [0.5, 0.6) is 0 Å². The van der Waals surface area contributed by atoms with Gasteiger partial charge in [-0.2, -0.15) is 0 Å². The quantitative estimate of drug-likeness (QED) is 0.486. The maximum absolute atomic E-state index is 6.37. The van der Waals surface area contributed by atoms with E-state index in [4.69, 9.17) is 21.1 Å². The summed E-state index contributed by atoms with van der Waals surface area (Å²) in [5, 5.41) is 0. The van der Waals surface area contributed by atoms with E-state index in [0.29, 0.717) is 37.0 Å². The minimum Gasteiger partial charge on any atom is -0.375 e. The molecule has 2 aromatic rings. The summed E-state index contributed by atoms with van der Waals surface area (Å²) in [4.78, 5) is 2.54. The Balaban J connectivity index is 1.58. The number of ether oxygens (including phenoxy) is 2. The van der Waals surface area contributed by atoms with E-state index in [9.17, 15) is 0 Å². The zero-order valence-electron chi connectivity index (χ0n) is 17.7. The molecule has 0 aromatic heterocycles. The second-order valence-corrected chi connectivity index (χ2v) is 8.54. The van der Waals surface area contributed by atoms with E-state index in [-0.39, 0.29) is 6.10 Å². The van der Waals surface area contributed by atoms with Crippen LogP contribution in [0.2, 0.25) is 0 Å². The molecule has 1 fully saturated rings. The maximum atomic E-state index is 6.37. The number of benzene rings is 2. The molecule has 0 spiro atoms. The molecule has 4 heteroatoms. The smallest absolute Gasteiger partial charge is 0.0735 e. The Morgan fingerprint density at radius 2 is 1.52 bits per heavy atom. The number of nitrogens with zero attached hydrogens (tertiary/aromatic N) is 1. The second kappa shape index (κ2) is 11.7. The Labute approximate surface area is 181 Å². The molecule has 0 unspecified atom stereocenters. The van der Waals surface area contributed by atoms with Crippen LogP contribution in [0.4, 0.5) is 0 Å². The highest BCUT2D eigenvalue weighted by molar-refractivity contribution is 6.17. The van der Waals surface area contributed by atoms with Gasteiger partial charge in [-0.3, -0.25) is 4.90 Å². The van der Waals surface area contributed by atoms with Crippen molar-refractivity contribution < 1.29 is 9.47 Å². The van der Waals surface area contributed by atoms with Gasteiger partial charge in [-0.1, -0.05) is 74.5 Å². The summed E-state index contributed by atoms with van der Waals surface area (Å²) >= 11 is 6.01. The molecule has 2 aromatic carbocycles. The first-order chi connectivity index (χ1) is 14.2. The number of hydrogen-bond acceptors (Lipinski definition) is 3. The van der Waals surface area contributed by atoms with Crippen LogP contribution in [0.15, 0.2) is 60.7 Å². The van der Waals surface area contributed by atoms with Crippen molar-refractivity contribution in [3.8, 4) is 0 Å². The van der Waals surface area contributed by atoms with Crippen molar-refractivity contribution >= 4 is 11.6 Å². The van der Waals surface area contributed by atoms with Gasteiger partial charge in [0.05, 0.1) is 25.9 Å². The van der Waals surface area contributed by atoms with Crippen LogP contribution in [0.25, 0.3) is 0 Å². The summed E-state index contributed by atoms with van der Waals surface area (Å²) in [6.07, 6.45) is 1.22. The minimum atomic E-state index is 0.228. The molecule has 0 bridgehead atoms. The molecule has 0 N–H and O–H groups in total. The molecular formula is C25H34ClNO2. The third kappa shape index (κ3) is 6.55. The van der Waals surface area contributed by atoms with Gasteiger partial charge in [-0.05, 0) is 35.9 Å². The second-order valence-electron chi connectivity index (χ2n) is 8.16. The summed E-state index contributed by atoms with van der Waals surface area (Å²) in [6, 6.07) is 21.2. The zero-order chi connectivity index (χ0) is 20.5. The largest absolute Gasteiger partial charge is 0.375 e. The van der Waals surface area contributed by atoms with Gasteiger partial charge in [0, 0.05) is 18.5 Å². The molecule has 0 radical (unpaired) electrons. The molecular weight excluding hydrogens is 382 g/mol. The Hall–Kier alpha value is -1.39. The van der Waals surface area contributed by atoms with Crippen molar-refractivity contribution in [2.45, 2.75) is 45.6 Å². The first-order valence-corrected chi connectivity index (χ1v) is 11.3. The van der Waals surface area contributed by atoms with Crippen LogP contribution in [0.1, 0.15) is 31.4 Å². The lowest BCUT2D eigenvalue weighted by Gasteiger charge is -2.47. The lowest BCUT2D eigenvalue weighted by Crippen LogP contribution is -2.56. The molecule has 4 atom stereocenters. The van der Waals surface area contributed by atoms with Crippen LogP contribution >= 0.6 is 11.6 Å². The van der Waals surface area contributed by atoms with Crippen molar-refractivity contribution in [3.05, 3.63) is 71.8 Å². The van der Waals surface area contributed by atoms with Gasteiger partial charge < -0.3 is 9.47 Å². The highest BCUT2D eigenvalue weighted by Crippen LogP contribution is 2.32. The van der Waals surface area contributed by atoms with Crippen LogP contribution < -0.4 is 0 Å². The van der Waals surface area contributed by atoms with E-state index in [0.717, 1.165) is 26.1 Å². The summed E-state index contributed by atoms with van der Waals surface area (Å²) in [5.41, 5.74) is 2.45. The van der Waals surface area contributed by atoms with E-state index in [2.05, 4.69) is 67.3 Å². The molecule has 1 aliphatic heterocycles. The van der Waals surface area contributed by atoms with E-state index in [1.807, 2.05) is 12.1 Å². The average molecular weight is 416 g/mol. The van der Waals surface area contributed by atoms with E-state index in [1.165, 1.54) is 11.1 Å². The van der Waals surface area contributed by atoms with Crippen LogP contribution in [-0.2, 0) is 22.7 Å². The first-order valence-electron chi connectivity index (χ1n) is 10.8. The SMILES string of the molecule is C[C@H]1[C@H](C)[C@@H](COCc2ccccc2)N(CCCCl)C[C@@H]1OCc1ccccc1. The fraction of sp³-hybridized carbons (Fsp3) is 0.520. The lowest BCUT2D eigenvalue weighted by molar-refractivity contribution is -0.101. The standard InChI is InChI=1S/C25H34ClNO2/c1-20-21(2)25(29-18-23-12-7-4-8-13-23)16-27(15-9-14-26)24(20)19-28-17-22-10-5-3-6-11-22/h3-8,10-13,20-21,24-25H,9,14-19H2,1-2H3/t20-,21-,24+,25-/m0/s1. The molecule has 3 nitrogen and oxygen atoms in total. The number of rotatable bonds is 10. The van der Waals surface area contributed by atoms with Crippen LogP contribution in [0.3, 0.4) is 0 Å². The van der Waals surface area contributed by atoms with Gasteiger partial charge in [-0.25, -0.2) is 0 Å². The third-order valence-corrected chi connectivity index (χ3v) is 6.46. The van der Waals surface area contributed by atoms with Crippen LogP contribution in [0, 0.1) is 11.8 Å². The number of hydrogen-bond donors (Lipinski definition) is 0. The molecule has 0 amide bonds. The lowest BCUT2D eigenvalue weighted by atomic mass is 9.80. The van der Waals surface area contributed by atoms with Gasteiger partial charge in [0.25, 0.3) is 0 Å². The van der Waals surface area contributed by atoms with Crippen molar-refractivity contribution in [1.29, 1.82) is 0 Å².